The number of anilines is 1. The third-order valence-electron chi connectivity index (χ3n) is 2.86. The van der Waals surface area contributed by atoms with Crippen LogP contribution in [0.2, 0.25) is 0 Å². The van der Waals surface area contributed by atoms with Crippen LogP contribution in [0.15, 0.2) is 23.1 Å². The molecule has 5 nitrogen and oxygen atoms in total. The van der Waals surface area contributed by atoms with Gasteiger partial charge in [-0.3, -0.25) is 0 Å². The van der Waals surface area contributed by atoms with Gasteiger partial charge in [0, 0.05) is 18.8 Å². The zero-order valence-corrected chi connectivity index (χ0v) is 12.1. The summed E-state index contributed by atoms with van der Waals surface area (Å²) in [7, 11) is -3.63. The highest BCUT2D eigenvalue weighted by Crippen LogP contribution is 2.22. The van der Waals surface area contributed by atoms with Gasteiger partial charge in [0.1, 0.15) is 11.0 Å². The molecule has 0 atom stereocenters. The van der Waals surface area contributed by atoms with Gasteiger partial charge in [0.15, 0.2) is 0 Å². The first kappa shape index (κ1) is 15.5. The van der Waals surface area contributed by atoms with Gasteiger partial charge in [0.05, 0.1) is 5.56 Å². The quantitative estimate of drug-likeness (QED) is 0.807. The molecule has 1 aromatic carbocycles. The number of unbranched alkanes of at least 4 members (excludes halogenated alkanes) is 1. The molecule has 0 heterocycles. The van der Waals surface area contributed by atoms with Crippen LogP contribution in [0, 0.1) is 11.3 Å². The molecule has 0 spiro atoms. The lowest BCUT2D eigenvalue weighted by molar-refractivity contribution is 0.419. The highest BCUT2D eigenvalue weighted by Gasteiger charge is 2.25. The van der Waals surface area contributed by atoms with E-state index in [1.54, 1.807) is 6.92 Å². The van der Waals surface area contributed by atoms with Crippen molar-refractivity contribution in [1.82, 2.24) is 4.31 Å². The molecule has 1 aromatic rings. The maximum atomic E-state index is 12.5. The Morgan fingerprint density at radius 2 is 2.05 bits per heavy atom. The van der Waals surface area contributed by atoms with Crippen LogP contribution in [0.5, 0.6) is 0 Å². The van der Waals surface area contributed by atoms with E-state index in [9.17, 15) is 8.42 Å². The molecular formula is C13H19N3O2S. The minimum Gasteiger partial charge on any atom is -0.399 e. The molecule has 0 saturated carbocycles. The lowest BCUT2D eigenvalue weighted by Crippen LogP contribution is -2.32. The Morgan fingerprint density at radius 1 is 1.37 bits per heavy atom. The monoisotopic (exact) mass is 281 g/mol. The first-order valence-corrected chi connectivity index (χ1v) is 7.71. The topological polar surface area (TPSA) is 87.2 Å². The SMILES string of the molecule is CCCCN(CC)S(=O)(=O)c1ccc(N)cc1C#N. The Hall–Kier alpha value is -1.58. The van der Waals surface area contributed by atoms with Gasteiger partial charge >= 0.3 is 0 Å². The van der Waals surface area contributed by atoms with E-state index in [2.05, 4.69) is 0 Å². The second kappa shape index (κ2) is 6.55. The lowest BCUT2D eigenvalue weighted by Gasteiger charge is -2.20. The number of rotatable bonds is 6. The molecule has 0 unspecified atom stereocenters. The standard InChI is InChI=1S/C13H19N3O2S/c1-3-5-8-16(4-2)19(17,18)13-7-6-12(15)9-11(13)10-14/h6-7,9H,3-5,8,15H2,1-2H3. The normalized spacial score (nSPS) is 11.5. The maximum absolute atomic E-state index is 12.5. The Bertz CT molecular complexity index is 576. The van der Waals surface area contributed by atoms with Gasteiger partial charge in [0.25, 0.3) is 0 Å². The van der Waals surface area contributed by atoms with Crippen LogP contribution in [0.25, 0.3) is 0 Å². The molecule has 0 aliphatic carbocycles. The summed E-state index contributed by atoms with van der Waals surface area (Å²) in [6.07, 6.45) is 1.71. The van der Waals surface area contributed by atoms with Gasteiger partial charge in [-0.05, 0) is 24.6 Å². The lowest BCUT2D eigenvalue weighted by atomic mass is 10.2. The van der Waals surface area contributed by atoms with Gasteiger partial charge in [-0.25, -0.2) is 8.42 Å². The summed E-state index contributed by atoms with van der Waals surface area (Å²) in [4.78, 5) is 0.0298. The fourth-order valence-electron chi connectivity index (χ4n) is 1.78. The molecule has 0 radical (unpaired) electrons. The summed E-state index contributed by atoms with van der Waals surface area (Å²) in [5.41, 5.74) is 6.05. The van der Waals surface area contributed by atoms with Crippen LogP contribution in [0.1, 0.15) is 32.3 Å². The highest BCUT2D eigenvalue weighted by atomic mass is 32.2. The first-order chi connectivity index (χ1) is 8.97. The van der Waals surface area contributed by atoms with Gasteiger partial charge in [-0.2, -0.15) is 9.57 Å². The van der Waals surface area contributed by atoms with Crippen LogP contribution in [0.4, 0.5) is 5.69 Å². The van der Waals surface area contributed by atoms with E-state index in [4.69, 9.17) is 11.0 Å². The van der Waals surface area contributed by atoms with E-state index in [1.165, 1.54) is 22.5 Å². The number of nitrogens with two attached hydrogens (primary N) is 1. The zero-order chi connectivity index (χ0) is 14.5. The van der Waals surface area contributed by atoms with Crippen molar-refractivity contribution in [2.75, 3.05) is 18.8 Å². The van der Waals surface area contributed by atoms with E-state index in [0.29, 0.717) is 18.8 Å². The van der Waals surface area contributed by atoms with Crippen LogP contribution in [-0.4, -0.2) is 25.8 Å². The van der Waals surface area contributed by atoms with Crippen LogP contribution in [0.3, 0.4) is 0 Å². The molecule has 0 amide bonds. The summed E-state index contributed by atoms with van der Waals surface area (Å²) in [5, 5.41) is 9.05. The Balaban J connectivity index is 3.22. The van der Waals surface area contributed by atoms with Gasteiger partial charge < -0.3 is 5.73 Å². The molecule has 6 heteroatoms. The smallest absolute Gasteiger partial charge is 0.244 e. The number of nitrogen functional groups attached to an aromatic ring is 1. The maximum Gasteiger partial charge on any atom is 0.244 e. The molecular weight excluding hydrogens is 262 g/mol. The Kier molecular flexibility index (Phi) is 5.33. The largest absolute Gasteiger partial charge is 0.399 e. The second-order valence-corrected chi connectivity index (χ2v) is 6.12. The van der Waals surface area contributed by atoms with Crippen molar-refractivity contribution >= 4 is 15.7 Å². The van der Waals surface area contributed by atoms with Crippen LogP contribution in [-0.2, 0) is 10.0 Å². The van der Waals surface area contributed by atoms with Crippen molar-refractivity contribution in [2.45, 2.75) is 31.6 Å². The van der Waals surface area contributed by atoms with E-state index >= 15 is 0 Å². The van der Waals surface area contributed by atoms with Crippen molar-refractivity contribution in [3.8, 4) is 6.07 Å². The number of nitrogens with zero attached hydrogens (tertiary/aromatic N) is 2. The van der Waals surface area contributed by atoms with Crippen molar-refractivity contribution in [1.29, 1.82) is 5.26 Å². The predicted molar refractivity (Wildman–Crippen MR) is 74.9 cm³/mol. The molecule has 19 heavy (non-hydrogen) atoms. The Morgan fingerprint density at radius 3 is 2.58 bits per heavy atom. The van der Waals surface area contributed by atoms with Crippen LogP contribution < -0.4 is 5.73 Å². The third kappa shape index (κ3) is 3.46. The minimum absolute atomic E-state index is 0.0298. The molecule has 1 rings (SSSR count). The Labute approximate surface area is 114 Å². The minimum atomic E-state index is -3.63. The summed E-state index contributed by atoms with van der Waals surface area (Å²) < 4.78 is 26.4. The zero-order valence-electron chi connectivity index (χ0n) is 11.3. The first-order valence-electron chi connectivity index (χ1n) is 6.27. The molecule has 0 bridgehead atoms. The summed E-state index contributed by atoms with van der Waals surface area (Å²) in [6, 6.07) is 6.18. The van der Waals surface area contributed by atoms with Gasteiger partial charge in [-0.1, -0.05) is 20.3 Å². The fourth-order valence-corrected chi connectivity index (χ4v) is 3.39. The number of benzene rings is 1. The van der Waals surface area contributed by atoms with Crippen molar-refractivity contribution in [2.24, 2.45) is 0 Å². The highest BCUT2D eigenvalue weighted by molar-refractivity contribution is 7.89. The van der Waals surface area contributed by atoms with E-state index in [-0.39, 0.29) is 10.5 Å². The average molecular weight is 281 g/mol. The average Bonchev–Trinajstić information content (AvgIpc) is 2.38. The van der Waals surface area contributed by atoms with E-state index in [0.717, 1.165) is 12.8 Å². The molecule has 2 N–H and O–H groups in total. The number of sulfonamides is 1. The fraction of sp³-hybridized carbons (Fsp3) is 0.462. The van der Waals surface area contributed by atoms with Crippen molar-refractivity contribution in [3.63, 3.8) is 0 Å². The van der Waals surface area contributed by atoms with E-state index in [1.807, 2.05) is 13.0 Å². The van der Waals surface area contributed by atoms with Crippen LogP contribution >= 0.6 is 0 Å². The predicted octanol–water partition coefficient (Wildman–Crippen LogP) is 1.95. The number of hydrogen-bond acceptors (Lipinski definition) is 4. The molecule has 0 fully saturated rings. The number of hydrogen-bond donors (Lipinski definition) is 1. The molecule has 0 aliphatic heterocycles. The molecule has 0 aliphatic rings. The van der Waals surface area contributed by atoms with E-state index < -0.39 is 10.0 Å². The van der Waals surface area contributed by atoms with Crippen molar-refractivity contribution < 1.29 is 8.42 Å². The molecule has 104 valence electrons. The third-order valence-corrected chi connectivity index (χ3v) is 4.89. The summed E-state index contributed by atoms with van der Waals surface area (Å²) in [5.74, 6) is 0. The summed E-state index contributed by atoms with van der Waals surface area (Å²) in [6.45, 7) is 4.64. The van der Waals surface area contributed by atoms with Gasteiger partial charge in [-0.15, -0.1) is 0 Å². The summed E-state index contributed by atoms with van der Waals surface area (Å²) >= 11 is 0. The molecule has 0 aromatic heterocycles. The molecule has 0 saturated heterocycles. The van der Waals surface area contributed by atoms with Gasteiger partial charge in [0.2, 0.25) is 10.0 Å². The van der Waals surface area contributed by atoms with Crippen molar-refractivity contribution in [3.05, 3.63) is 23.8 Å². The number of nitriles is 1. The second-order valence-electron chi connectivity index (χ2n) is 4.22.